The molecule has 98 valence electrons. The number of ether oxygens (including phenoxy) is 1. The average Bonchev–Trinajstić information content (AvgIpc) is 2.57. The predicted octanol–water partition coefficient (Wildman–Crippen LogP) is 2.36. The van der Waals surface area contributed by atoms with Gasteiger partial charge in [0.1, 0.15) is 0 Å². The van der Waals surface area contributed by atoms with E-state index in [9.17, 15) is 0 Å². The maximum atomic E-state index is 5.76. The molecule has 1 unspecified atom stereocenters. The molecule has 0 aromatic carbocycles. The van der Waals surface area contributed by atoms with Gasteiger partial charge in [0.15, 0.2) is 5.75 Å². The normalized spacial score (nSPS) is 13.7. The zero-order valence-electron chi connectivity index (χ0n) is 11.7. The molecular weight excluding hydrogens is 214 g/mol. The Kier molecular flexibility index (Phi) is 5.00. The molecule has 1 atom stereocenters. The minimum atomic E-state index is 0.202. The van der Waals surface area contributed by atoms with E-state index in [0.29, 0.717) is 0 Å². The van der Waals surface area contributed by atoms with Gasteiger partial charge in [0, 0.05) is 12.6 Å². The Morgan fingerprint density at radius 2 is 2.18 bits per heavy atom. The summed E-state index contributed by atoms with van der Waals surface area (Å²) in [7, 11) is 1.89. The average molecular weight is 239 g/mol. The summed E-state index contributed by atoms with van der Waals surface area (Å²) in [5, 5.41) is 7.55. The van der Waals surface area contributed by atoms with E-state index in [1.165, 1.54) is 0 Å². The molecule has 0 fully saturated rings. The number of hydrogen-bond donors (Lipinski definition) is 1. The zero-order chi connectivity index (χ0) is 12.9. The van der Waals surface area contributed by atoms with Crippen molar-refractivity contribution in [3.05, 3.63) is 12.4 Å². The first-order chi connectivity index (χ1) is 7.87. The Hall–Kier alpha value is -1.03. The van der Waals surface area contributed by atoms with Crippen LogP contribution in [-0.4, -0.2) is 28.0 Å². The maximum Gasteiger partial charge on any atom is 0.157 e. The molecule has 0 bridgehead atoms. The van der Waals surface area contributed by atoms with Gasteiger partial charge in [-0.3, -0.25) is 4.68 Å². The van der Waals surface area contributed by atoms with Crippen LogP contribution < -0.4 is 10.1 Å². The molecule has 1 heterocycles. The summed E-state index contributed by atoms with van der Waals surface area (Å²) in [6.45, 7) is 9.68. The Morgan fingerprint density at radius 1 is 1.47 bits per heavy atom. The molecule has 0 aliphatic carbocycles. The van der Waals surface area contributed by atoms with Gasteiger partial charge in [-0.15, -0.1) is 0 Å². The monoisotopic (exact) mass is 239 g/mol. The van der Waals surface area contributed by atoms with Crippen LogP contribution in [0.15, 0.2) is 12.4 Å². The topological polar surface area (TPSA) is 39.1 Å². The zero-order valence-corrected chi connectivity index (χ0v) is 11.7. The van der Waals surface area contributed by atoms with Crippen molar-refractivity contribution in [2.75, 3.05) is 6.54 Å². The molecule has 4 nitrogen and oxygen atoms in total. The summed E-state index contributed by atoms with van der Waals surface area (Å²) >= 11 is 0. The predicted molar refractivity (Wildman–Crippen MR) is 70.3 cm³/mol. The number of aromatic nitrogens is 2. The van der Waals surface area contributed by atoms with Gasteiger partial charge in [-0.1, -0.05) is 0 Å². The summed E-state index contributed by atoms with van der Waals surface area (Å²) in [6.07, 6.45) is 6.06. The quantitative estimate of drug-likeness (QED) is 0.775. The highest BCUT2D eigenvalue weighted by Gasteiger charge is 2.09. The van der Waals surface area contributed by atoms with E-state index in [2.05, 4.69) is 38.1 Å². The molecule has 1 N–H and O–H groups in total. The summed E-state index contributed by atoms with van der Waals surface area (Å²) in [5.74, 6) is 0.851. The fraction of sp³-hybridized carbons (Fsp3) is 0.769. The molecular formula is C13H25N3O. The van der Waals surface area contributed by atoms with Gasteiger partial charge in [-0.05, 0) is 47.1 Å². The van der Waals surface area contributed by atoms with E-state index in [1.54, 1.807) is 10.9 Å². The van der Waals surface area contributed by atoms with Crippen molar-refractivity contribution in [2.24, 2.45) is 7.05 Å². The first kappa shape index (κ1) is 14.0. The largest absolute Gasteiger partial charge is 0.487 e. The van der Waals surface area contributed by atoms with Gasteiger partial charge in [0.05, 0.1) is 18.5 Å². The van der Waals surface area contributed by atoms with Gasteiger partial charge in [-0.25, -0.2) is 0 Å². The van der Waals surface area contributed by atoms with Crippen LogP contribution in [0.25, 0.3) is 0 Å². The molecule has 0 radical (unpaired) electrons. The molecule has 1 aromatic heterocycles. The van der Waals surface area contributed by atoms with Gasteiger partial charge in [0.2, 0.25) is 0 Å². The second-order valence-corrected chi connectivity index (χ2v) is 5.60. The van der Waals surface area contributed by atoms with Crippen LogP contribution in [0.4, 0.5) is 0 Å². The summed E-state index contributed by atoms with van der Waals surface area (Å²) < 4.78 is 7.51. The van der Waals surface area contributed by atoms with Crippen LogP contribution in [0.1, 0.15) is 40.5 Å². The van der Waals surface area contributed by atoms with Crippen LogP contribution in [0.5, 0.6) is 5.75 Å². The number of nitrogens with one attached hydrogen (secondary N) is 1. The second-order valence-electron chi connectivity index (χ2n) is 5.60. The van der Waals surface area contributed by atoms with E-state index >= 15 is 0 Å². The third-order valence-corrected chi connectivity index (χ3v) is 2.46. The Balaban J connectivity index is 2.15. The highest BCUT2D eigenvalue weighted by atomic mass is 16.5. The smallest absolute Gasteiger partial charge is 0.157 e. The lowest BCUT2D eigenvalue weighted by atomic mass is 10.1. The van der Waals surface area contributed by atoms with Crippen molar-refractivity contribution in [3.8, 4) is 5.75 Å². The first-order valence-corrected chi connectivity index (χ1v) is 6.27. The van der Waals surface area contributed by atoms with E-state index in [0.717, 1.165) is 25.1 Å². The lowest BCUT2D eigenvalue weighted by Crippen LogP contribution is -2.36. The fourth-order valence-corrected chi connectivity index (χ4v) is 1.60. The fourth-order valence-electron chi connectivity index (χ4n) is 1.60. The summed E-state index contributed by atoms with van der Waals surface area (Å²) in [5.41, 5.74) is 0.202. The number of aryl methyl sites for hydroxylation is 1. The highest BCUT2D eigenvalue weighted by Crippen LogP contribution is 2.12. The van der Waals surface area contributed by atoms with E-state index < -0.39 is 0 Å². The van der Waals surface area contributed by atoms with E-state index in [-0.39, 0.29) is 11.6 Å². The molecule has 1 aromatic rings. The minimum Gasteiger partial charge on any atom is -0.487 e. The van der Waals surface area contributed by atoms with Gasteiger partial charge in [0.25, 0.3) is 0 Å². The van der Waals surface area contributed by atoms with Gasteiger partial charge < -0.3 is 10.1 Å². The Morgan fingerprint density at radius 3 is 2.71 bits per heavy atom. The third-order valence-electron chi connectivity index (χ3n) is 2.46. The molecule has 1 rings (SSSR count). The summed E-state index contributed by atoms with van der Waals surface area (Å²) in [6, 6.07) is 0. The van der Waals surface area contributed by atoms with Crippen molar-refractivity contribution in [1.82, 2.24) is 15.1 Å². The second kappa shape index (κ2) is 6.05. The molecule has 0 aliphatic heterocycles. The Bertz CT molecular complexity index is 328. The maximum absolute atomic E-state index is 5.76. The van der Waals surface area contributed by atoms with Crippen LogP contribution in [-0.2, 0) is 7.05 Å². The molecule has 4 heteroatoms. The Labute approximate surface area is 104 Å². The first-order valence-electron chi connectivity index (χ1n) is 6.27. The lowest BCUT2D eigenvalue weighted by molar-refractivity contribution is 0.205. The number of hydrogen-bond acceptors (Lipinski definition) is 3. The van der Waals surface area contributed by atoms with Gasteiger partial charge in [-0.2, -0.15) is 5.10 Å². The van der Waals surface area contributed by atoms with Crippen molar-refractivity contribution < 1.29 is 4.74 Å². The van der Waals surface area contributed by atoms with Crippen LogP contribution >= 0.6 is 0 Å². The molecule has 17 heavy (non-hydrogen) atoms. The van der Waals surface area contributed by atoms with E-state index in [4.69, 9.17) is 4.74 Å². The number of rotatable bonds is 6. The standard InChI is InChI=1S/C13H25N3O/c1-11(7-6-8-14-13(2,3)4)17-12-9-15-16(5)10-12/h9-11,14H,6-8H2,1-5H3. The van der Waals surface area contributed by atoms with Crippen LogP contribution in [0, 0.1) is 0 Å². The van der Waals surface area contributed by atoms with Crippen molar-refractivity contribution in [3.63, 3.8) is 0 Å². The molecule has 0 amide bonds. The number of nitrogens with zero attached hydrogens (tertiary/aromatic N) is 2. The SMILES string of the molecule is CC(CCCNC(C)(C)C)Oc1cnn(C)c1. The van der Waals surface area contributed by atoms with Gasteiger partial charge >= 0.3 is 0 Å². The van der Waals surface area contributed by atoms with E-state index in [1.807, 2.05) is 13.2 Å². The van der Waals surface area contributed by atoms with Crippen LogP contribution in [0.2, 0.25) is 0 Å². The molecule has 0 saturated carbocycles. The molecule has 0 saturated heterocycles. The summed E-state index contributed by atoms with van der Waals surface area (Å²) in [4.78, 5) is 0. The van der Waals surface area contributed by atoms with Crippen molar-refractivity contribution >= 4 is 0 Å². The third kappa shape index (κ3) is 6.31. The minimum absolute atomic E-state index is 0.202. The van der Waals surface area contributed by atoms with Crippen molar-refractivity contribution in [2.45, 2.75) is 52.2 Å². The molecule has 0 aliphatic rings. The highest BCUT2D eigenvalue weighted by molar-refractivity contribution is 5.11. The van der Waals surface area contributed by atoms with Crippen molar-refractivity contribution in [1.29, 1.82) is 0 Å². The molecule has 0 spiro atoms. The lowest BCUT2D eigenvalue weighted by Gasteiger charge is -2.21. The van der Waals surface area contributed by atoms with Crippen LogP contribution in [0.3, 0.4) is 0 Å².